The number of amides is 1. The molecule has 0 aliphatic carbocycles. The molecule has 0 fully saturated rings. The summed E-state index contributed by atoms with van der Waals surface area (Å²) < 4.78 is 32.6. The summed E-state index contributed by atoms with van der Waals surface area (Å²) >= 11 is 0. The van der Waals surface area contributed by atoms with Crippen molar-refractivity contribution in [2.24, 2.45) is 0 Å². The van der Waals surface area contributed by atoms with Gasteiger partial charge in [-0.1, -0.05) is 69.9 Å². The van der Waals surface area contributed by atoms with Crippen LogP contribution in [0.4, 0.5) is 25.8 Å². The number of carbonyl (C=O) groups excluding carboxylic acids is 1. The molecule has 3 aromatic carbocycles. The Morgan fingerprint density at radius 1 is 0.953 bits per heavy atom. The Bertz CT molecular complexity index is 1350. The zero-order chi connectivity index (χ0) is 31.0. The molecule has 7 heteroatoms. The summed E-state index contributed by atoms with van der Waals surface area (Å²) in [5.74, 6) is 0.0689. The van der Waals surface area contributed by atoms with Crippen LogP contribution in [0, 0.1) is 0 Å². The van der Waals surface area contributed by atoms with E-state index >= 15 is 0 Å². The molecule has 1 N–H and O–H groups in total. The van der Waals surface area contributed by atoms with E-state index in [-0.39, 0.29) is 23.7 Å². The quantitative estimate of drug-likeness (QED) is 0.190. The van der Waals surface area contributed by atoms with E-state index in [0.717, 1.165) is 42.4 Å². The van der Waals surface area contributed by atoms with Gasteiger partial charge >= 0.3 is 6.11 Å². The van der Waals surface area contributed by atoms with Gasteiger partial charge in [0.25, 0.3) is 0 Å². The van der Waals surface area contributed by atoms with Crippen LogP contribution in [0.25, 0.3) is 11.1 Å². The molecule has 1 amide bonds. The fraction of sp³-hybridized carbons (Fsp3) is 0.472. The molecule has 0 aromatic heterocycles. The predicted octanol–water partition coefficient (Wildman–Crippen LogP) is 9.83. The number of ether oxygens (including phenoxy) is 1. The van der Waals surface area contributed by atoms with E-state index in [9.17, 15) is 13.6 Å². The minimum Gasteiger partial charge on any atom is -0.431 e. The van der Waals surface area contributed by atoms with Crippen molar-refractivity contribution in [2.45, 2.75) is 97.8 Å². The summed E-state index contributed by atoms with van der Waals surface area (Å²) in [5, 5.41) is 3.48. The van der Waals surface area contributed by atoms with Crippen LogP contribution in [0.15, 0.2) is 66.7 Å². The van der Waals surface area contributed by atoms with Gasteiger partial charge in [0.1, 0.15) is 5.75 Å². The number of benzene rings is 3. The predicted molar refractivity (Wildman–Crippen MR) is 174 cm³/mol. The van der Waals surface area contributed by atoms with Crippen molar-refractivity contribution in [3.63, 3.8) is 0 Å². The van der Waals surface area contributed by atoms with Crippen molar-refractivity contribution in [3.8, 4) is 16.9 Å². The van der Waals surface area contributed by atoms with Crippen LogP contribution in [-0.2, 0) is 4.79 Å². The lowest BCUT2D eigenvalue weighted by Crippen LogP contribution is -2.43. The Morgan fingerprint density at radius 2 is 1.63 bits per heavy atom. The highest BCUT2D eigenvalue weighted by Crippen LogP contribution is 2.43. The van der Waals surface area contributed by atoms with Crippen molar-refractivity contribution in [3.05, 3.63) is 72.3 Å². The van der Waals surface area contributed by atoms with Crippen LogP contribution in [0.1, 0.15) is 91.2 Å². The lowest BCUT2D eigenvalue weighted by molar-refractivity contribution is -0.158. The van der Waals surface area contributed by atoms with E-state index in [4.69, 9.17) is 4.74 Å². The number of rotatable bonds is 14. The Kier molecular flexibility index (Phi) is 11.1. The monoisotopic (exact) mass is 591 g/mol. The maximum absolute atomic E-state index is 13.8. The lowest BCUT2D eigenvalue weighted by atomic mass is 9.88. The van der Waals surface area contributed by atoms with Crippen molar-refractivity contribution in [1.82, 2.24) is 0 Å². The van der Waals surface area contributed by atoms with E-state index in [2.05, 4.69) is 60.5 Å². The Hall–Kier alpha value is -3.61. The van der Waals surface area contributed by atoms with Gasteiger partial charge in [0.05, 0.1) is 11.7 Å². The average molecular weight is 592 g/mol. The molecule has 232 valence electrons. The molecule has 0 spiro atoms. The third-order valence-electron chi connectivity index (χ3n) is 8.13. The normalized spacial score (nSPS) is 16.5. The number of unbranched alkanes of at least 4 members (excludes halogenated alkanes) is 4. The molecule has 1 aliphatic heterocycles. The summed E-state index contributed by atoms with van der Waals surface area (Å²) in [6.45, 7) is 10.9. The molecular formula is C36H47F2N3O2. The Balaban J connectivity index is 1.70. The third kappa shape index (κ3) is 8.49. The first-order chi connectivity index (χ1) is 20.6. The molecule has 3 aromatic rings. The fourth-order valence-electron chi connectivity index (χ4n) is 6.07. The van der Waals surface area contributed by atoms with Crippen molar-refractivity contribution in [2.75, 3.05) is 28.2 Å². The SMILES string of the molecule is CCCCCN(CCCCC)c1cccc(-c2ccc3c(c2)[C@H](Nc2ccccc2OC(C)(F)F)C[C@H](C)N3C(C)=O)c1. The molecule has 43 heavy (non-hydrogen) atoms. The minimum absolute atomic E-state index is 0.0221. The van der Waals surface area contributed by atoms with Gasteiger partial charge in [-0.15, -0.1) is 0 Å². The maximum Gasteiger partial charge on any atom is 0.394 e. The number of alkyl halides is 2. The maximum atomic E-state index is 13.8. The van der Waals surface area contributed by atoms with Gasteiger partial charge in [0.15, 0.2) is 0 Å². The summed E-state index contributed by atoms with van der Waals surface area (Å²) in [4.78, 5) is 17.1. The number of nitrogens with one attached hydrogen (secondary N) is 1. The van der Waals surface area contributed by atoms with Gasteiger partial charge in [-0.3, -0.25) is 4.79 Å². The molecule has 5 nitrogen and oxygen atoms in total. The molecule has 0 saturated carbocycles. The first-order valence-electron chi connectivity index (χ1n) is 15.8. The molecule has 4 rings (SSSR count). The van der Waals surface area contributed by atoms with E-state index in [1.165, 1.54) is 44.2 Å². The largest absolute Gasteiger partial charge is 0.431 e. The highest BCUT2D eigenvalue weighted by molar-refractivity contribution is 5.94. The van der Waals surface area contributed by atoms with Crippen LogP contribution < -0.4 is 19.9 Å². The van der Waals surface area contributed by atoms with Crippen LogP contribution in [0.2, 0.25) is 0 Å². The molecule has 0 radical (unpaired) electrons. The third-order valence-corrected chi connectivity index (χ3v) is 8.13. The molecule has 2 atom stereocenters. The second-order valence-electron chi connectivity index (χ2n) is 11.8. The highest BCUT2D eigenvalue weighted by atomic mass is 19.3. The zero-order valence-electron chi connectivity index (χ0n) is 26.3. The average Bonchev–Trinajstić information content (AvgIpc) is 2.96. The first-order valence-corrected chi connectivity index (χ1v) is 15.8. The molecule has 0 saturated heterocycles. The molecule has 0 unspecified atom stereocenters. The summed E-state index contributed by atoms with van der Waals surface area (Å²) in [7, 11) is 0. The summed E-state index contributed by atoms with van der Waals surface area (Å²) in [5.41, 5.74) is 5.67. The first kappa shape index (κ1) is 32.3. The van der Waals surface area contributed by atoms with Crippen molar-refractivity contribution in [1.29, 1.82) is 0 Å². The van der Waals surface area contributed by atoms with Crippen LogP contribution in [0.5, 0.6) is 5.75 Å². The van der Waals surface area contributed by atoms with E-state index < -0.39 is 6.11 Å². The summed E-state index contributed by atoms with van der Waals surface area (Å²) in [6, 6.07) is 21.5. The van der Waals surface area contributed by atoms with Gasteiger partial charge in [0.2, 0.25) is 5.91 Å². The second kappa shape index (κ2) is 14.7. The topological polar surface area (TPSA) is 44.8 Å². The van der Waals surface area contributed by atoms with Gasteiger partial charge in [0, 0.05) is 44.4 Å². The zero-order valence-corrected chi connectivity index (χ0v) is 26.3. The number of carbonyl (C=O) groups is 1. The lowest BCUT2D eigenvalue weighted by Gasteiger charge is -2.40. The van der Waals surface area contributed by atoms with Gasteiger partial charge in [-0.2, -0.15) is 8.78 Å². The van der Waals surface area contributed by atoms with E-state index in [0.29, 0.717) is 12.1 Å². The fourth-order valence-corrected chi connectivity index (χ4v) is 6.07. The number of para-hydroxylation sites is 2. The highest BCUT2D eigenvalue weighted by Gasteiger charge is 2.33. The molecule has 1 heterocycles. The number of fused-ring (bicyclic) bond motifs is 1. The van der Waals surface area contributed by atoms with Crippen LogP contribution in [0.3, 0.4) is 0 Å². The van der Waals surface area contributed by atoms with Gasteiger partial charge in [-0.25, -0.2) is 0 Å². The summed E-state index contributed by atoms with van der Waals surface area (Å²) in [6.07, 6.45) is 4.49. The number of halogens is 2. The Morgan fingerprint density at radius 3 is 2.28 bits per heavy atom. The molecule has 1 aliphatic rings. The number of hydrogen-bond donors (Lipinski definition) is 1. The van der Waals surface area contributed by atoms with Gasteiger partial charge < -0.3 is 19.9 Å². The standard InChI is InChI=1S/C36H47F2N3O2/c1-6-8-12-21-40(22-13-9-7-2)30-16-14-15-28(24-30)29-19-20-34-31(25-29)33(23-26(3)41(34)27(4)42)39-32-17-10-11-18-35(32)43-36(5,37)38/h10-11,14-20,24-26,33,39H,6-9,12-13,21-23H2,1-5H3/t26-,33+/m0/s1. The molecule has 0 bridgehead atoms. The smallest absolute Gasteiger partial charge is 0.394 e. The number of anilines is 3. The number of hydrogen-bond acceptors (Lipinski definition) is 4. The van der Waals surface area contributed by atoms with Crippen molar-refractivity contribution >= 4 is 23.0 Å². The van der Waals surface area contributed by atoms with E-state index in [1.54, 1.807) is 31.2 Å². The van der Waals surface area contributed by atoms with E-state index in [1.807, 2.05) is 17.9 Å². The van der Waals surface area contributed by atoms with Crippen LogP contribution in [-0.4, -0.2) is 31.1 Å². The second-order valence-corrected chi connectivity index (χ2v) is 11.8. The Labute approximate surface area is 256 Å². The molecular weight excluding hydrogens is 544 g/mol. The van der Waals surface area contributed by atoms with Gasteiger partial charge in [-0.05, 0) is 79.3 Å². The van der Waals surface area contributed by atoms with Crippen molar-refractivity contribution < 1.29 is 18.3 Å². The minimum atomic E-state index is -3.31. The van der Waals surface area contributed by atoms with Crippen LogP contribution >= 0.6 is 0 Å². The number of nitrogens with zero attached hydrogens (tertiary/aromatic N) is 2.